The molecule has 0 unspecified atom stereocenters. The Hall–Kier alpha value is -2.93. The molecule has 0 radical (unpaired) electrons. The number of ether oxygens (including phenoxy) is 1. The highest BCUT2D eigenvalue weighted by atomic mass is 35.5. The summed E-state index contributed by atoms with van der Waals surface area (Å²) in [6.07, 6.45) is 5.24. The summed E-state index contributed by atoms with van der Waals surface area (Å²) in [5.74, 6) is -0.416. The van der Waals surface area contributed by atoms with E-state index in [0.29, 0.717) is 41.7 Å². The molecule has 0 saturated carbocycles. The van der Waals surface area contributed by atoms with Crippen LogP contribution in [0.3, 0.4) is 0 Å². The molecule has 2 aromatic rings. The van der Waals surface area contributed by atoms with Crippen LogP contribution in [0.25, 0.3) is 6.08 Å². The normalized spacial score (nSPS) is 16.2. The minimum atomic E-state index is -0.428. The third-order valence-corrected chi connectivity index (χ3v) is 4.76. The molecule has 0 spiro atoms. The summed E-state index contributed by atoms with van der Waals surface area (Å²) in [4.78, 5) is 29.9. The lowest BCUT2D eigenvalue weighted by Crippen LogP contribution is -2.31. The van der Waals surface area contributed by atoms with Gasteiger partial charge in [-0.1, -0.05) is 11.6 Å². The van der Waals surface area contributed by atoms with E-state index >= 15 is 0 Å². The number of benzene rings is 1. The van der Waals surface area contributed by atoms with E-state index in [0.717, 1.165) is 6.42 Å². The zero-order valence-electron chi connectivity index (χ0n) is 15.9. The molecule has 1 atom stereocenters. The highest BCUT2D eigenvalue weighted by molar-refractivity contribution is 6.33. The second-order valence-corrected chi connectivity index (χ2v) is 6.98. The van der Waals surface area contributed by atoms with Gasteiger partial charge < -0.3 is 15.0 Å². The molecule has 2 heterocycles. The van der Waals surface area contributed by atoms with E-state index < -0.39 is 5.97 Å². The van der Waals surface area contributed by atoms with Gasteiger partial charge in [0.25, 0.3) is 5.91 Å². The van der Waals surface area contributed by atoms with Crippen LogP contribution in [0.2, 0.25) is 5.02 Å². The Balaban J connectivity index is 1.59. The van der Waals surface area contributed by atoms with Crippen molar-refractivity contribution >= 4 is 35.4 Å². The Morgan fingerprint density at radius 2 is 2.14 bits per heavy atom. The number of esters is 1. The largest absolute Gasteiger partial charge is 0.463 e. The molecule has 1 aromatic heterocycles. The molecule has 6 nitrogen and oxygen atoms in total. The maximum absolute atomic E-state index is 13.0. The van der Waals surface area contributed by atoms with Crippen LogP contribution in [0.1, 0.15) is 29.3 Å². The maximum atomic E-state index is 13.0. The summed E-state index contributed by atoms with van der Waals surface area (Å²) < 4.78 is 17.9. The highest BCUT2D eigenvalue weighted by Crippen LogP contribution is 2.24. The van der Waals surface area contributed by atoms with Crippen LogP contribution in [-0.2, 0) is 9.53 Å². The molecule has 1 amide bonds. The number of hydrogen-bond donors (Lipinski definition) is 1. The van der Waals surface area contributed by atoms with Gasteiger partial charge in [-0.2, -0.15) is 0 Å². The molecule has 1 N–H and O–H groups in total. The van der Waals surface area contributed by atoms with Gasteiger partial charge >= 0.3 is 5.97 Å². The molecular formula is C21H21ClFN3O3. The maximum Gasteiger partial charge on any atom is 0.330 e. The monoisotopic (exact) mass is 417 g/mol. The van der Waals surface area contributed by atoms with E-state index in [4.69, 9.17) is 16.3 Å². The van der Waals surface area contributed by atoms with E-state index in [1.807, 2.05) is 0 Å². The fraction of sp³-hybridized carbons (Fsp3) is 0.286. The van der Waals surface area contributed by atoms with Gasteiger partial charge in [-0.3, -0.25) is 4.79 Å². The van der Waals surface area contributed by atoms with Crippen LogP contribution < -0.4 is 5.32 Å². The topological polar surface area (TPSA) is 71.5 Å². The van der Waals surface area contributed by atoms with Gasteiger partial charge in [-0.05, 0) is 55.3 Å². The second-order valence-electron chi connectivity index (χ2n) is 6.57. The molecule has 0 bridgehead atoms. The van der Waals surface area contributed by atoms with Crippen LogP contribution >= 0.6 is 11.6 Å². The molecule has 1 saturated heterocycles. The number of likely N-dealkylation sites (tertiary alicyclic amines) is 1. The molecule has 3 rings (SSSR count). The number of carbonyl (C=O) groups excluding carboxylic acids is 2. The SMILES string of the molecule is CCOC(=O)/C=C/c1cnc(N[C@@H]2CCN(C(=O)c3ccc(F)cc3)C2)c(Cl)c1. The molecule has 29 heavy (non-hydrogen) atoms. The smallest absolute Gasteiger partial charge is 0.330 e. The first-order valence-corrected chi connectivity index (χ1v) is 9.66. The van der Waals surface area contributed by atoms with E-state index in [9.17, 15) is 14.0 Å². The van der Waals surface area contributed by atoms with Gasteiger partial charge in [0, 0.05) is 37.0 Å². The van der Waals surface area contributed by atoms with Gasteiger partial charge in [0.05, 0.1) is 11.6 Å². The van der Waals surface area contributed by atoms with Crippen molar-refractivity contribution in [2.75, 3.05) is 25.0 Å². The fourth-order valence-corrected chi connectivity index (χ4v) is 3.26. The molecule has 152 valence electrons. The number of pyridine rings is 1. The van der Waals surface area contributed by atoms with Crippen molar-refractivity contribution in [3.8, 4) is 0 Å². The minimum Gasteiger partial charge on any atom is -0.463 e. The van der Waals surface area contributed by atoms with E-state index in [1.165, 1.54) is 30.3 Å². The van der Waals surface area contributed by atoms with Gasteiger partial charge in [0.1, 0.15) is 11.6 Å². The van der Waals surface area contributed by atoms with Crippen molar-refractivity contribution in [1.29, 1.82) is 0 Å². The predicted molar refractivity (Wildman–Crippen MR) is 109 cm³/mol. The summed E-state index contributed by atoms with van der Waals surface area (Å²) >= 11 is 6.30. The van der Waals surface area contributed by atoms with E-state index in [2.05, 4.69) is 10.3 Å². The fourth-order valence-electron chi connectivity index (χ4n) is 3.04. The molecule has 0 aliphatic carbocycles. The lowest BCUT2D eigenvalue weighted by Gasteiger charge is -2.18. The first-order chi connectivity index (χ1) is 14.0. The predicted octanol–water partition coefficient (Wildman–Crippen LogP) is 3.78. The summed E-state index contributed by atoms with van der Waals surface area (Å²) in [7, 11) is 0. The number of rotatable bonds is 6. The molecule has 1 aliphatic rings. The number of nitrogens with zero attached hydrogens (tertiary/aromatic N) is 2. The first kappa shape index (κ1) is 20.8. The first-order valence-electron chi connectivity index (χ1n) is 9.28. The lowest BCUT2D eigenvalue weighted by atomic mass is 10.2. The summed E-state index contributed by atoms with van der Waals surface area (Å²) in [6, 6.07) is 7.23. The Morgan fingerprint density at radius 3 is 2.83 bits per heavy atom. The number of nitrogens with one attached hydrogen (secondary N) is 1. The van der Waals surface area contributed by atoms with Crippen molar-refractivity contribution in [3.05, 3.63) is 64.6 Å². The third kappa shape index (κ3) is 5.54. The van der Waals surface area contributed by atoms with E-state index in [1.54, 1.807) is 30.2 Å². The quantitative estimate of drug-likeness (QED) is 0.572. The van der Waals surface area contributed by atoms with Crippen molar-refractivity contribution in [1.82, 2.24) is 9.88 Å². The van der Waals surface area contributed by atoms with Gasteiger partial charge in [-0.25, -0.2) is 14.2 Å². The molecule has 1 aromatic carbocycles. The Bertz CT molecular complexity index is 918. The Morgan fingerprint density at radius 1 is 1.38 bits per heavy atom. The average molecular weight is 418 g/mol. The van der Waals surface area contributed by atoms with Crippen LogP contribution in [0.15, 0.2) is 42.6 Å². The van der Waals surface area contributed by atoms with Crippen LogP contribution in [-0.4, -0.2) is 47.5 Å². The van der Waals surface area contributed by atoms with Crippen molar-refractivity contribution in [3.63, 3.8) is 0 Å². The average Bonchev–Trinajstić information content (AvgIpc) is 3.17. The molecule has 8 heteroatoms. The zero-order chi connectivity index (χ0) is 20.8. The minimum absolute atomic E-state index is 0.00493. The molecule has 1 fully saturated rings. The van der Waals surface area contributed by atoms with Crippen molar-refractivity contribution in [2.45, 2.75) is 19.4 Å². The van der Waals surface area contributed by atoms with Crippen LogP contribution in [0.5, 0.6) is 0 Å². The van der Waals surface area contributed by atoms with Crippen molar-refractivity contribution < 1.29 is 18.7 Å². The number of anilines is 1. The van der Waals surface area contributed by atoms with Crippen LogP contribution in [0, 0.1) is 5.82 Å². The summed E-state index contributed by atoms with van der Waals surface area (Å²) in [5.41, 5.74) is 1.13. The third-order valence-electron chi connectivity index (χ3n) is 4.47. The number of amides is 1. The van der Waals surface area contributed by atoms with Gasteiger partial charge in [-0.15, -0.1) is 0 Å². The lowest BCUT2D eigenvalue weighted by molar-refractivity contribution is -0.137. The molecule has 1 aliphatic heterocycles. The molecular weight excluding hydrogens is 397 g/mol. The standard InChI is InChI=1S/C21H21ClFN3O3/c1-2-29-19(27)8-3-14-11-18(22)20(24-12-14)25-17-9-10-26(13-17)21(28)15-4-6-16(23)7-5-15/h3-8,11-12,17H,2,9-10,13H2,1H3,(H,24,25)/b8-3+/t17-/m1/s1. The van der Waals surface area contributed by atoms with Gasteiger partial charge in [0.15, 0.2) is 0 Å². The number of carbonyl (C=O) groups is 2. The number of hydrogen-bond acceptors (Lipinski definition) is 5. The Labute approximate surface area is 173 Å². The summed E-state index contributed by atoms with van der Waals surface area (Å²) in [5, 5.41) is 3.67. The van der Waals surface area contributed by atoms with Crippen LogP contribution in [0.4, 0.5) is 10.2 Å². The number of aromatic nitrogens is 1. The summed E-state index contributed by atoms with van der Waals surface area (Å²) in [6.45, 7) is 3.14. The zero-order valence-corrected chi connectivity index (χ0v) is 16.7. The van der Waals surface area contributed by atoms with Gasteiger partial charge in [0.2, 0.25) is 0 Å². The second kappa shape index (κ2) is 9.52. The number of halogens is 2. The Kier molecular flexibility index (Phi) is 6.82. The van der Waals surface area contributed by atoms with Crippen molar-refractivity contribution in [2.24, 2.45) is 0 Å². The highest BCUT2D eigenvalue weighted by Gasteiger charge is 2.27. The van der Waals surface area contributed by atoms with E-state index in [-0.39, 0.29) is 17.8 Å².